The second-order valence-corrected chi connectivity index (χ2v) is 4.43. The molecule has 0 bridgehead atoms. The summed E-state index contributed by atoms with van der Waals surface area (Å²) < 4.78 is 0.940. The van der Waals surface area contributed by atoms with E-state index in [1.807, 2.05) is 26.0 Å². The van der Waals surface area contributed by atoms with Crippen LogP contribution in [0.1, 0.15) is 22.8 Å². The Morgan fingerprint density at radius 3 is 2.69 bits per heavy atom. The van der Waals surface area contributed by atoms with Gasteiger partial charge in [0.2, 0.25) is 0 Å². The zero-order chi connectivity index (χ0) is 11.4. The number of rotatable bonds is 3. The lowest BCUT2D eigenvalue weighted by atomic mass is 10.1. The van der Waals surface area contributed by atoms with E-state index in [-0.39, 0.29) is 24.4 Å². The summed E-state index contributed by atoms with van der Waals surface area (Å²) in [4.78, 5) is 11.7. The average molecular weight is 308 g/mol. The number of hydrogen-bond donors (Lipinski definition) is 2. The van der Waals surface area contributed by atoms with Crippen LogP contribution in [0.25, 0.3) is 0 Å². The molecule has 90 valence electrons. The Hall–Kier alpha value is -0.580. The third-order valence-electron chi connectivity index (χ3n) is 2.17. The molecule has 1 aromatic rings. The second kappa shape index (κ2) is 6.89. The molecule has 0 saturated carbocycles. The maximum absolute atomic E-state index is 11.7. The van der Waals surface area contributed by atoms with Crippen molar-refractivity contribution >= 4 is 34.2 Å². The number of amides is 1. The summed E-state index contributed by atoms with van der Waals surface area (Å²) >= 11 is 3.39. The molecule has 0 aliphatic rings. The van der Waals surface area contributed by atoms with Crippen LogP contribution in [0.2, 0.25) is 0 Å². The van der Waals surface area contributed by atoms with Crippen LogP contribution in [0.4, 0.5) is 0 Å². The summed E-state index contributed by atoms with van der Waals surface area (Å²) in [5.41, 5.74) is 7.18. The van der Waals surface area contributed by atoms with Crippen molar-refractivity contribution < 1.29 is 4.79 Å². The van der Waals surface area contributed by atoms with Crippen molar-refractivity contribution in [2.24, 2.45) is 5.73 Å². The van der Waals surface area contributed by atoms with Gasteiger partial charge in [0.05, 0.1) is 0 Å². The van der Waals surface area contributed by atoms with Gasteiger partial charge in [-0.3, -0.25) is 4.79 Å². The summed E-state index contributed by atoms with van der Waals surface area (Å²) in [7, 11) is 0. The smallest absolute Gasteiger partial charge is 0.251 e. The summed E-state index contributed by atoms with van der Waals surface area (Å²) in [5, 5.41) is 2.81. The van der Waals surface area contributed by atoms with Gasteiger partial charge < -0.3 is 11.1 Å². The number of benzene rings is 1. The Morgan fingerprint density at radius 1 is 1.56 bits per heavy atom. The first kappa shape index (κ1) is 15.4. The van der Waals surface area contributed by atoms with Gasteiger partial charge in [0.25, 0.3) is 5.91 Å². The van der Waals surface area contributed by atoms with E-state index in [1.165, 1.54) is 0 Å². The van der Waals surface area contributed by atoms with Gasteiger partial charge in [0.15, 0.2) is 0 Å². The van der Waals surface area contributed by atoms with Crippen molar-refractivity contribution in [3.8, 4) is 0 Å². The lowest BCUT2D eigenvalue weighted by molar-refractivity contribution is 0.0941. The van der Waals surface area contributed by atoms with Crippen LogP contribution in [-0.4, -0.2) is 18.5 Å². The minimum Gasteiger partial charge on any atom is -0.348 e. The molecule has 1 aromatic carbocycles. The summed E-state index contributed by atoms with van der Waals surface area (Å²) in [6.07, 6.45) is 0. The average Bonchev–Trinajstić information content (AvgIpc) is 2.21. The van der Waals surface area contributed by atoms with E-state index in [2.05, 4.69) is 21.2 Å². The third kappa shape index (κ3) is 4.12. The molecule has 3 N–H and O–H groups in total. The molecule has 0 aromatic heterocycles. The molecule has 1 amide bonds. The maximum atomic E-state index is 11.7. The van der Waals surface area contributed by atoms with Crippen LogP contribution >= 0.6 is 28.3 Å². The molecule has 0 unspecified atom stereocenters. The van der Waals surface area contributed by atoms with Crippen LogP contribution in [0.3, 0.4) is 0 Å². The molecular formula is C11H16BrClN2O. The van der Waals surface area contributed by atoms with Gasteiger partial charge in [0, 0.05) is 22.6 Å². The highest BCUT2D eigenvalue weighted by molar-refractivity contribution is 9.10. The molecule has 0 radical (unpaired) electrons. The van der Waals surface area contributed by atoms with E-state index in [9.17, 15) is 4.79 Å². The zero-order valence-corrected chi connectivity index (χ0v) is 11.7. The quantitative estimate of drug-likeness (QED) is 0.900. The van der Waals surface area contributed by atoms with E-state index in [0.29, 0.717) is 12.1 Å². The van der Waals surface area contributed by atoms with Crippen LogP contribution in [0, 0.1) is 6.92 Å². The number of nitrogens with two attached hydrogens (primary N) is 1. The molecule has 0 fully saturated rings. The number of carbonyl (C=O) groups excluding carboxylic acids is 1. The molecule has 1 rings (SSSR count). The van der Waals surface area contributed by atoms with Crippen molar-refractivity contribution in [1.29, 1.82) is 0 Å². The molecule has 1 atom stereocenters. The fraction of sp³-hybridized carbons (Fsp3) is 0.364. The Balaban J connectivity index is 0.00000225. The predicted octanol–water partition coefficient (Wildman–Crippen LogP) is 2.26. The van der Waals surface area contributed by atoms with Crippen LogP contribution in [0.15, 0.2) is 22.7 Å². The SMILES string of the molecule is Cc1ccc(C(=O)N[C@@H](C)CN)cc1Br.Cl. The summed E-state index contributed by atoms with van der Waals surface area (Å²) in [5.74, 6) is -0.0892. The number of nitrogens with one attached hydrogen (secondary N) is 1. The lowest BCUT2D eigenvalue weighted by Gasteiger charge is -2.11. The molecule has 0 heterocycles. The van der Waals surface area contributed by atoms with Gasteiger partial charge in [-0.15, -0.1) is 12.4 Å². The van der Waals surface area contributed by atoms with Crippen molar-refractivity contribution in [3.05, 3.63) is 33.8 Å². The van der Waals surface area contributed by atoms with E-state index >= 15 is 0 Å². The number of carbonyl (C=O) groups is 1. The van der Waals surface area contributed by atoms with Crippen molar-refractivity contribution in [2.45, 2.75) is 19.9 Å². The normalized spacial score (nSPS) is 11.5. The Morgan fingerprint density at radius 2 is 2.19 bits per heavy atom. The molecule has 0 aliphatic carbocycles. The monoisotopic (exact) mass is 306 g/mol. The summed E-state index contributed by atoms with van der Waals surface area (Å²) in [6, 6.07) is 5.52. The van der Waals surface area contributed by atoms with Crippen LogP contribution in [0.5, 0.6) is 0 Å². The highest BCUT2D eigenvalue weighted by Crippen LogP contribution is 2.17. The first-order valence-electron chi connectivity index (χ1n) is 4.81. The largest absolute Gasteiger partial charge is 0.348 e. The second-order valence-electron chi connectivity index (χ2n) is 3.57. The Kier molecular flexibility index (Phi) is 6.64. The Bertz CT molecular complexity index is 371. The topological polar surface area (TPSA) is 55.1 Å². The van der Waals surface area contributed by atoms with E-state index < -0.39 is 0 Å². The van der Waals surface area contributed by atoms with E-state index in [0.717, 1.165) is 10.0 Å². The van der Waals surface area contributed by atoms with Gasteiger partial charge >= 0.3 is 0 Å². The van der Waals surface area contributed by atoms with Crippen LogP contribution in [-0.2, 0) is 0 Å². The molecule has 3 nitrogen and oxygen atoms in total. The van der Waals surface area contributed by atoms with Crippen molar-refractivity contribution in [3.63, 3.8) is 0 Å². The summed E-state index contributed by atoms with van der Waals surface area (Å²) in [6.45, 7) is 4.30. The molecule has 0 spiro atoms. The Labute approximate surface area is 110 Å². The minimum absolute atomic E-state index is 0. The highest BCUT2D eigenvalue weighted by Gasteiger charge is 2.09. The standard InChI is InChI=1S/C11H15BrN2O.ClH/c1-7-3-4-9(5-10(7)12)11(15)14-8(2)6-13;/h3-5,8H,6,13H2,1-2H3,(H,14,15);1H/t8-;/m0./s1. The third-order valence-corrected chi connectivity index (χ3v) is 3.02. The minimum atomic E-state index is -0.0892. The highest BCUT2D eigenvalue weighted by atomic mass is 79.9. The lowest BCUT2D eigenvalue weighted by Crippen LogP contribution is -2.37. The number of aryl methyl sites for hydroxylation is 1. The van der Waals surface area contributed by atoms with Gasteiger partial charge in [-0.25, -0.2) is 0 Å². The first-order chi connectivity index (χ1) is 7.04. The van der Waals surface area contributed by atoms with Crippen LogP contribution < -0.4 is 11.1 Å². The van der Waals surface area contributed by atoms with Gasteiger partial charge in [-0.2, -0.15) is 0 Å². The maximum Gasteiger partial charge on any atom is 0.251 e. The first-order valence-corrected chi connectivity index (χ1v) is 5.61. The number of hydrogen-bond acceptors (Lipinski definition) is 2. The van der Waals surface area contributed by atoms with Crippen molar-refractivity contribution in [2.75, 3.05) is 6.54 Å². The molecule has 0 saturated heterocycles. The number of halogens is 2. The van der Waals surface area contributed by atoms with Gasteiger partial charge in [-0.1, -0.05) is 22.0 Å². The molecule has 16 heavy (non-hydrogen) atoms. The fourth-order valence-corrected chi connectivity index (χ4v) is 1.48. The molecular weight excluding hydrogens is 291 g/mol. The molecule has 5 heteroatoms. The van der Waals surface area contributed by atoms with Gasteiger partial charge in [-0.05, 0) is 31.5 Å². The molecule has 0 aliphatic heterocycles. The van der Waals surface area contributed by atoms with Crippen molar-refractivity contribution in [1.82, 2.24) is 5.32 Å². The van der Waals surface area contributed by atoms with E-state index in [4.69, 9.17) is 5.73 Å². The predicted molar refractivity (Wildman–Crippen MR) is 72.1 cm³/mol. The van der Waals surface area contributed by atoms with E-state index in [1.54, 1.807) is 6.07 Å². The van der Waals surface area contributed by atoms with Gasteiger partial charge in [0.1, 0.15) is 0 Å². The zero-order valence-electron chi connectivity index (χ0n) is 9.29. The fourth-order valence-electron chi connectivity index (χ4n) is 1.10.